The van der Waals surface area contributed by atoms with Gasteiger partial charge in [-0.1, -0.05) is 42.0 Å². The summed E-state index contributed by atoms with van der Waals surface area (Å²) in [6, 6.07) is 16.2. The number of hydrogen-bond donors (Lipinski definition) is 2. The average Bonchev–Trinajstić information content (AvgIpc) is 3.21. The molecular weight excluding hydrogens is 396 g/mol. The standard InChI is InChI=1S/C23H24N4O2S/c1-16-6-4-8-18(12-16)23-24-19(15-30-23)13-21(28)25-26-22(29)14-27-11-5-9-17-7-2-3-10-20(17)27/h2-4,6-8,10,12,15H,5,9,11,13-14H2,1H3,(H,25,28)(H,26,29). The average molecular weight is 421 g/mol. The van der Waals surface area contributed by atoms with E-state index in [0.717, 1.165) is 35.6 Å². The summed E-state index contributed by atoms with van der Waals surface area (Å²) in [5, 5.41) is 2.76. The first-order valence-corrected chi connectivity index (χ1v) is 10.9. The Balaban J connectivity index is 1.28. The van der Waals surface area contributed by atoms with Crippen molar-refractivity contribution in [3.05, 3.63) is 70.7 Å². The highest BCUT2D eigenvalue weighted by atomic mass is 32.1. The van der Waals surface area contributed by atoms with Gasteiger partial charge < -0.3 is 4.90 Å². The highest BCUT2D eigenvalue weighted by Crippen LogP contribution is 2.26. The lowest BCUT2D eigenvalue weighted by Gasteiger charge is -2.30. The number of aryl methyl sites for hydroxylation is 2. The first-order chi connectivity index (χ1) is 14.6. The van der Waals surface area contributed by atoms with Crippen LogP contribution in [0.2, 0.25) is 0 Å². The lowest BCUT2D eigenvalue weighted by atomic mass is 10.0. The number of hydrogen-bond acceptors (Lipinski definition) is 5. The molecule has 3 aromatic rings. The molecule has 0 bridgehead atoms. The zero-order valence-corrected chi connectivity index (χ0v) is 17.7. The first-order valence-electron chi connectivity index (χ1n) is 10.0. The molecule has 0 unspecified atom stereocenters. The molecule has 30 heavy (non-hydrogen) atoms. The van der Waals surface area contributed by atoms with Crippen molar-refractivity contribution >= 4 is 28.8 Å². The molecule has 0 atom stereocenters. The summed E-state index contributed by atoms with van der Waals surface area (Å²) in [4.78, 5) is 31.1. The van der Waals surface area contributed by atoms with E-state index < -0.39 is 0 Å². The third-order valence-corrected chi connectivity index (χ3v) is 5.98. The number of nitrogens with one attached hydrogen (secondary N) is 2. The molecule has 1 aliphatic heterocycles. The van der Waals surface area contributed by atoms with Gasteiger partial charge in [0, 0.05) is 23.2 Å². The van der Waals surface area contributed by atoms with Gasteiger partial charge in [0.2, 0.25) is 5.91 Å². The zero-order chi connectivity index (χ0) is 20.9. The van der Waals surface area contributed by atoms with Crippen molar-refractivity contribution in [2.45, 2.75) is 26.2 Å². The van der Waals surface area contributed by atoms with E-state index in [1.54, 1.807) is 0 Å². The summed E-state index contributed by atoms with van der Waals surface area (Å²) in [5.41, 5.74) is 10.3. The van der Waals surface area contributed by atoms with Crippen LogP contribution in [0.25, 0.3) is 10.6 Å². The molecule has 0 radical (unpaired) electrons. The van der Waals surface area contributed by atoms with E-state index >= 15 is 0 Å². The van der Waals surface area contributed by atoms with Crippen LogP contribution in [0.1, 0.15) is 23.2 Å². The fraction of sp³-hybridized carbons (Fsp3) is 0.261. The number of aromatic nitrogens is 1. The Morgan fingerprint density at radius 2 is 1.93 bits per heavy atom. The van der Waals surface area contributed by atoms with Gasteiger partial charge in [-0.15, -0.1) is 11.3 Å². The predicted molar refractivity (Wildman–Crippen MR) is 119 cm³/mol. The number of hydrazine groups is 1. The number of fused-ring (bicyclic) bond motifs is 1. The van der Waals surface area contributed by atoms with Crippen molar-refractivity contribution in [1.82, 2.24) is 15.8 Å². The normalized spacial score (nSPS) is 12.9. The van der Waals surface area contributed by atoms with E-state index in [9.17, 15) is 9.59 Å². The lowest BCUT2D eigenvalue weighted by molar-refractivity contribution is -0.127. The van der Waals surface area contributed by atoms with Gasteiger partial charge in [0.1, 0.15) is 5.01 Å². The van der Waals surface area contributed by atoms with Gasteiger partial charge in [0.25, 0.3) is 5.91 Å². The summed E-state index contributed by atoms with van der Waals surface area (Å²) in [6.07, 6.45) is 2.17. The second kappa shape index (κ2) is 9.09. The van der Waals surface area contributed by atoms with Crippen molar-refractivity contribution < 1.29 is 9.59 Å². The van der Waals surface area contributed by atoms with Crippen LogP contribution in [0.4, 0.5) is 5.69 Å². The summed E-state index contributed by atoms with van der Waals surface area (Å²) >= 11 is 1.51. The Morgan fingerprint density at radius 3 is 2.80 bits per heavy atom. The second-order valence-electron chi connectivity index (χ2n) is 7.44. The molecular formula is C23H24N4O2S. The number of nitrogens with zero attached hydrogens (tertiary/aromatic N) is 2. The Morgan fingerprint density at radius 1 is 1.10 bits per heavy atom. The molecule has 0 saturated heterocycles. The molecule has 2 N–H and O–H groups in total. The van der Waals surface area contributed by atoms with Gasteiger partial charge in [-0.05, 0) is 37.5 Å². The molecule has 1 aromatic heterocycles. The molecule has 0 saturated carbocycles. The van der Waals surface area contributed by atoms with Crippen LogP contribution >= 0.6 is 11.3 Å². The molecule has 154 valence electrons. The van der Waals surface area contributed by atoms with Crippen LogP contribution < -0.4 is 15.8 Å². The number of carbonyl (C=O) groups excluding carboxylic acids is 2. The number of carbonyl (C=O) groups is 2. The maximum Gasteiger partial charge on any atom is 0.257 e. The topological polar surface area (TPSA) is 74.3 Å². The van der Waals surface area contributed by atoms with Crippen LogP contribution in [0.5, 0.6) is 0 Å². The van der Waals surface area contributed by atoms with Crippen LogP contribution in [0, 0.1) is 6.92 Å². The SMILES string of the molecule is Cc1cccc(-c2nc(CC(=O)NNC(=O)CN3CCCc4ccccc43)cs2)c1. The molecule has 0 fully saturated rings. The first kappa shape index (κ1) is 20.1. The smallest absolute Gasteiger partial charge is 0.257 e. The number of anilines is 1. The molecule has 4 rings (SSSR count). The number of benzene rings is 2. The van der Waals surface area contributed by atoms with E-state index in [-0.39, 0.29) is 24.8 Å². The summed E-state index contributed by atoms with van der Waals surface area (Å²) in [5.74, 6) is -0.526. The van der Waals surface area contributed by atoms with Crippen molar-refractivity contribution in [3.8, 4) is 10.6 Å². The molecule has 2 amide bonds. The molecule has 0 aliphatic carbocycles. The highest BCUT2D eigenvalue weighted by Gasteiger charge is 2.19. The van der Waals surface area contributed by atoms with Crippen LogP contribution in [0.3, 0.4) is 0 Å². The Kier molecular flexibility index (Phi) is 6.09. The zero-order valence-electron chi connectivity index (χ0n) is 16.9. The minimum absolute atomic E-state index is 0.120. The minimum Gasteiger partial charge on any atom is -0.362 e. The molecule has 2 aromatic carbocycles. The summed E-state index contributed by atoms with van der Waals surface area (Å²) in [6.45, 7) is 3.08. The second-order valence-corrected chi connectivity index (χ2v) is 8.30. The predicted octanol–water partition coefficient (Wildman–Crippen LogP) is 3.26. The number of thiazole rings is 1. The maximum absolute atomic E-state index is 12.3. The van der Waals surface area contributed by atoms with Gasteiger partial charge in [0.15, 0.2) is 0 Å². The highest BCUT2D eigenvalue weighted by molar-refractivity contribution is 7.13. The fourth-order valence-corrected chi connectivity index (χ4v) is 4.45. The fourth-order valence-electron chi connectivity index (χ4n) is 3.64. The van der Waals surface area contributed by atoms with E-state index in [1.807, 2.05) is 48.7 Å². The molecule has 0 spiro atoms. The Hall–Kier alpha value is -3.19. The van der Waals surface area contributed by atoms with E-state index in [4.69, 9.17) is 0 Å². The Bertz CT molecular complexity index is 1060. The third-order valence-electron chi connectivity index (χ3n) is 5.04. The van der Waals surface area contributed by atoms with Crippen molar-refractivity contribution in [3.63, 3.8) is 0 Å². The number of para-hydroxylation sites is 1. The molecule has 2 heterocycles. The lowest BCUT2D eigenvalue weighted by Crippen LogP contribution is -2.47. The van der Waals surface area contributed by atoms with E-state index in [2.05, 4.69) is 32.9 Å². The van der Waals surface area contributed by atoms with Gasteiger partial charge in [-0.2, -0.15) is 0 Å². The molecule has 6 nitrogen and oxygen atoms in total. The molecule has 1 aliphatic rings. The van der Waals surface area contributed by atoms with Gasteiger partial charge in [-0.25, -0.2) is 4.98 Å². The quantitative estimate of drug-likeness (QED) is 0.622. The maximum atomic E-state index is 12.3. The van der Waals surface area contributed by atoms with E-state index in [0.29, 0.717) is 5.69 Å². The van der Waals surface area contributed by atoms with Crippen molar-refractivity contribution in [2.75, 3.05) is 18.0 Å². The number of rotatable bonds is 5. The van der Waals surface area contributed by atoms with Crippen LogP contribution in [-0.2, 0) is 22.4 Å². The van der Waals surface area contributed by atoms with Gasteiger partial charge in [0.05, 0.1) is 18.7 Å². The molecule has 7 heteroatoms. The minimum atomic E-state index is -0.288. The van der Waals surface area contributed by atoms with E-state index in [1.165, 1.54) is 22.5 Å². The van der Waals surface area contributed by atoms with Gasteiger partial charge >= 0.3 is 0 Å². The third kappa shape index (κ3) is 4.86. The monoisotopic (exact) mass is 420 g/mol. The number of amides is 2. The largest absolute Gasteiger partial charge is 0.362 e. The Labute approximate surface area is 179 Å². The van der Waals surface area contributed by atoms with Crippen molar-refractivity contribution in [2.24, 2.45) is 0 Å². The van der Waals surface area contributed by atoms with Gasteiger partial charge in [-0.3, -0.25) is 20.4 Å². The summed E-state index contributed by atoms with van der Waals surface area (Å²) < 4.78 is 0. The summed E-state index contributed by atoms with van der Waals surface area (Å²) in [7, 11) is 0. The van der Waals surface area contributed by atoms with Crippen LogP contribution in [0.15, 0.2) is 53.9 Å². The van der Waals surface area contributed by atoms with Crippen LogP contribution in [-0.4, -0.2) is 29.9 Å². The van der Waals surface area contributed by atoms with Crippen molar-refractivity contribution in [1.29, 1.82) is 0 Å².